The van der Waals surface area contributed by atoms with E-state index in [9.17, 15) is 9.18 Å². The van der Waals surface area contributed by atoms with Gasteiger partial charge >= 0.3 is 0 Å². The van der Waals surface area contributed by atoms with E-state index in [0.29, 0.717) is 17.9 Å². The number of anilines is 1. The summed E-state index contributed by atoms with van der Waals surface area (Å²) in [4.78, 5) is 13.4. The maximum atomic E-state index is 13.2. The lowest BCUT2D eigenvalue weighted by molar-refractivity contribution is -0.115. The molecule has 25 heavy (non-hydrogen) atoms. The summed E-state index contributed by atoms with van der Waals surface area (Å²) < 4.78 is 14.9. The highest BCUT2D eigenvalue weighted by atomic mass is 32.1. The number of nitrogens with one attached hydrogen (secondary N) is 1. The molecule has 4 nitrogen and oxygen atoms in total. The highest BCUT2D eigenvalue weighted by Crippen LogP contribution is 2.26. The van der Waals surface area contributed by atoms with Crippen molar-refractivity contribution in [3.8, 4) is 5.69 Å². The predicted molar refractivity (Wildman–Crippen MR) is 98.9 cm³/mol. The molecular weight excluding hydrogens is 337 g/mol. The number of halogens is 1. The molecule has 3 aromatic rings. The number of carbonyl (C=O) groups excluding carboxylic acids is 1. The van der Waals surface area contributed by atoms with Gasteiger partial charge in [0.1, 0.15) is 11.6 Å². The summed E-state index contributed by atoms with van der Waals surface area (Å²) in [5.41, 5.74) is 1.38. The van der Waals surface area contributed by atoms with Crippen LogP contribution in [-0.2, 0) is 16.6 Å². The topological polar surface area (TPSA) is 46.9 Å². The minimum Gasteiger partial charge on any atom is -0.310 e. The fourth-order valence-corrected chi connectivity index (χ4v) is 3.08. The Bertz CT molecular complexity index is 861. The summed E-state index contributed by atoms with van der Waals surface area (Å²) in [7, 11) is 0. The van der Waals surface area contributed by atoms with Crippen molar-refractivity contribution >= 4 is 23.1 Å². The van der Waals surface area contributed by atoms with Crippen LogP contribution < -0.4 is 5.32 Å². The van der Waals surface area contributed by atoms with Crippen molar-refractivity contribution in [1.82, 2.24) is 9.78 Å². The van der Waals surface area contributed by atoms with Gasteiger partial charge in [-0.05, 0) is 35.7 Å². The first-order chi connectivity index (χ1) is 11.8. The van der Waals surface area contributed by atoms with Gasteiger partial charge in [-0.2, -0.15) is 5.10 Å². The van der Waals surface area contributed by atoms with Crippen molar-refractivity contribution in [2.45, 2.75) is 32.6 Å². The van der Waals surface area contributed by atoms with Crippen LogP contribution in [0, 0.1) is 5.82 Å². The predicted octanol–water partition coefficient (Wildman–Crippen LogP) is 4.55. The first kappa shape index (κ1) is 17.4. The van der Waals surface area contributed by atoms with E-state index < -0.39 is 0 Å². The normalized spacial score (nSPS) is 11.5. The second-order valence-corrected chi connectivity index (χ2v) is 7.89. The number of carbonyl (C=O) groups is 1. The number of benzene rings is 1. The second kappa shape index (κ2) is 6.80. The van der Waals surface area contributed by atoms with Crippen LogP contribution in [0.4, 0.5) is 10.2 Å². The molecule has 0 aliphatic heterocycles. The lowest BCUT2D eigenvalue weighted by Gasteiger charge is -2.14. The van der Waals surface area contributed by atoms with Gasteiger partial charge in [-0.15, -0.1) is 11.3 Å². The average Bonchev–Trinajstić information content (AvgIpc) is 3.17. The van der Waals surface area contributed by atoms with Crippen molar-refractivity contribution in [1.29, 1.82) is 0 Å². The van der Waals surface area contributed by atoms with Gasteiger partial charge in [0, 0.05) is 16.4 Å². The van der Waals surface area contributed by atoms with Crippen molar-refractivity contribution < 1.29 is 9.18 Å². The maximum absolute atomic E-state index is 13.2. The Morgan fingerprint density at radius 1 is 1.24 bits per heavy atom. The Hall–Kier alpha value is -2.47. The molecule has 1 aromatic carbocycles. The molecule has 0 saturated carbocycles. The first-order valence-corrected chi connectivity index (χ1v) is 8.89. The lowest BCUT2D eigenvalue weighted by atomic mass is 9.92. The fourth-order valence-electron chi connectivity index (χ4n) is 2.37. The molecule has 130 valence electrons. The van der Waals surface area contributed by atoms with E-state index in [4.69, 9.17) is 0 Å². The van der Waals surface area contributed by atoms with Crippen LogP contribution in [0.2, 0.25) is 0 Å². The van der Waals surface area contributed by atoms with Crippen molar-refractivity contribution in [2.75, 3.05) is 5.32 Å². The fraction of sp³-hybridized carbons (Fsp3) is 0.263. The number of aromatic nitrogens is 2. The van der Waals surface area contributed by atoms with Gasteiger partial charge in [0.2, 0.25) is 5.91 Å². The second-order valence-electron chi connectivity index (χ2n) is 6.86. The summed E-state index contributed by atoms with van der Waals surface area (Å²) >= 11 is 1.55. The molecule has 2 aromatic heterocycles. The van der Waals surface area contributed by atoms with E-state index in [1.165, 1.54) is 12.1 Å². The molecule has 1 N–H and O–H groups in total. The minimum absolute atomic E-state index is 0.105. The third kappa shape index (κ3) is 4.14. The van der Waals surface area contributed by atoms with Crippen LogP contribution in [0.3, 0.4) is 0 Å². The zero-order chi connectivity index (χ0) is 18.0. The first-order valence-electron chi connectivity index (χ1n) is 8.01. The number of hydrogen-bond acceptors (Lipinski definition) is 3. The number of nitrogens with zero attached hydrogens (tertiary/aromatic N) is 2. The molecule has 0 bridgehead atoms. The van der Waals surface area contributed by atoms with Gasteiger partial charge < -0.3 is 5.32 Å². The molecule has 0 saturated heterocycles. The van der Waals surface area contributed by atoms with Gasteiger partial charge in [0.25, 0.3) is 0 Å². The molecule has 0 spiro atoms. The van der Waals surface area contributed by atoms with E-state index in [-0.39, 0.29) is 17.1 Å². The number of rotatable bonds is 4. The zero-order valence-electron chi connectivity index (χ0n) is 14.4. The van der Waals surface area contributed by atoms with E-state index in [1.807, 2.05) is 23.6 Å². The molecule has 6 heteroatoms. The summed E-state index contributed by atoms with van der Waals surface area (Å²) in [6, 6.07) is 11.8. The highest BCUT2D eigenvalue weighted by Gasteiger charge is 2.21. The third-order valence-electron chi connectivity index (χ3n) is 3.73. The van der Waals surface area contributed by atoms with Crippen molar-refractivity contribution in [2.24, 2.45) is 0 Å². The van der Waals surface area contributed by atoms with Gasteiger partial charge in [0.05, 0.1) is 17.8 Å². The average molecular weight is 357 g/mol. The lowest BCUT2D eigenvalue weighted by Crippen LogP contribution is -2.16. The largest absolute Gasteiger partial charge is 0.310 e. The van der Waals surface area contributed by atoms with E-state index in [1.54, 1.807) is 28.2 Å². The number of amides is 1. The zero-order valence-corrected chi connectivity index (χ0v) is 15.2. The molecule has 0 atom stereocenters. The monoisotopic (exact) mass is 357 g/mol. The number of thiophene rings is 1. The standard InChI is InChI=1S/C19H20FN3OS/c1-19(2,3)16-12-17(21-18(24)11-15-5-4-10-25-15)23(22-16)14-8-6-13(20)7-9-14/h4-10,12H,11H2,1-3H3,(H,21,24). The van der Waals surface area contributed by atoms with Crippen LogP contribution in [0.1, 0.15) is 31.3 Å². The van der Waals surface area contributed by atoms with Crippen LogP contribution in [-0.4, -0.2) is 15.7 Å². The Labute approximate surface area is 150 Å². The Morgan fingerprint density at radius 3 is 2.56 bits per heavy atom. The van der Waals surface area contributed by atoms with Crippen LogP contribution in [0.25, 0.3) is 5.69 Å². The SMILES string of the molecule is CC(C)(C)c1cc(NC(=O)Cc2cccs2)n(-c2ccc(F)cc2)n1. The summed E-state index contributed by atoms with van der Waals surface area (Å²) in [5, 5.41) is 9.49. The minimum atomic E-state index is -0.310. The van der Waals surface area contributed by atoms with Gasteiger partial charge in [0.15, 0.2) is 0 Å². The molecule has 0 aliphatic carbocycles. The quantitative estimate of drug-likeness (QED) is 0.744. The Kier molecular flexibility index (Phi) is 4.72. The maximum Gasteiger partial charge on any atom is 0.230 e. The van der Waals surface area contributed by atoms with Crippen LogP contribution in [0.15, 0.2) is 47.8 Å². The smallest absolute Gasteiger partial charge is 0.230 e. The van der Waals surface area contributed by atoms with Gasteiger partial charge in [-0.25, -0.2) is 9.07 Å². The molecule has 3 rings (SSSR count). The van der Waals surface area contributed by atoms with Crippen LogP contribution >= 0.6 is 11.3 Å². The number of hydrogen-bond donors (Lipinski definition) is 1. The molecule has 0 aliphatic rings. The third-order valence-corrected chi connectivity index (χ3v) is 4.61. The summed E-state index contributed by atoms with van der Waals surface area (Å²) in [6.45, 7) is 6.17. The van der Waals surface area contributed by atoms with Gasteiger partial charge in [-0.3, -0.25) is 4.79 Å². The van der Waals surface area contributed by atoms with E-state index in [2.05, 4.69) is 31.2 Å². The molecule has 0 radical (unpaired) electrons. The molecule has 0 fully saturated rings. The van der Waals surface area contributed by atoms with Gasteiger partial charge in [-0.1, -0.05) is 26.8 Å². The summed E-state index contributed by atoms with van der Waals surface area (Å²) in [5.74, 6) is 0.166. The highest BCUT2D eigenvalue weighted by molar-refractivity contribution is 7.10. The molecule has 2 heterocycles. The molecule has 1 amide bonds. The van der Waals surface area contributed by atoms with Crippen LogP contribution in [0.5, 0.6) is 0 Å². The Balaban J connectivity index is 1.92. The molecular formula is C19H20FN3OS. The van der Waals surface area contributed by atoms with E-state index in [0.717, 1.165) is 10.6 Å². The van der Waals surface area contributed by atoms with Crippen molar-refractivity contribution in [3.63, 3.8) is 0 Å². The Morgan fingerprint density at radius 2 is 1.96 bits per heavy atom. The van der Waals surface area contributed by atoms with Crippen molar-refractivity contribution in [3.05, 3.63) is 64.2 Å². The summed E-state index contributed by atoms with van der Waals surface area (Å²) in [6.07, 6.45) is 0.317. The molecule has 0 unspecified atom stereocenters. The van der Waals surface area contributed by atoms with E-state index >= 15 is 0 Å².